The van der Waals surface area contributed by atoms with Crippen molar-refractivity contribution in [2.24, 2.45) is 0 Å². The summed E-state index contributed by atoms with van der Waals surface area (Å²) in [7, 11) is 0. The van der Waals surface area contributed by atoms with E-state index in [1.54, 1.807) is 27.0 Å². The van der Waals surface area contributed by atoms with Gasteiger partial charge in [0.25, 0.3) is 0 Å². The predicted octanol–water partition coefficient (Wildman–Crippen LogP) is 1.71. The number of pyridine rings is 1. The fraction of sp³-hybridized carbons (Fsp3) is 0.333. The Morgan fingerprint density at radius 3 is 2.42 bits per heavy atom. The van der Waals surface area contributed by atoms with E-state index >= 15 is 0 Å². The summed E-state index contributed by atoms with van der Waals surface area (Å²) < 4.78 is 0. The third kappa shape index (κ3) is 1.30. The van der Waals surface area contributed by atoms with Crippen molar-refractivity contribution < 1.29 is 9.90 Å². The number of carboxylic acids is 1. The predicted molar refractivity (Wildman–Crippen MR) is 45.4 cm³/mol. The first-order valence-corrected chi connectivity index (χ1v) is 3.70. The molecule has 12 heavy (non-hydrogen) atoms. The summed E-state index contributed by atoms with van der Waals surface area (Å²) in [4.78, 5) is 14.8. The Balaban J connectivity index is 3.43. The first-order valence-electron chi connectivity index (χ1n) is 3.70. The number of carbonyl (C=O) groups is 1. The molecule has 64 valence electrons. The molecular formula is C9H11NO2. The highest BCUT2D eigenvalue weighted by molar-refractivity contribution is 5.91. The lowest BCUT2D eigenvalue weighted by Crippen LogP contribution is -2.05. The molecule has 0 saturated heterocycles. The van der Waals surface area contributed by atoms with Crippen LogP contribution in [-0.4, -0.2) is 16.1 Å². The molecule has 1 aromatic heterocycles. The van der Waals surface area contributed by atoms with Gasteiger partial charge in [-0.2, -0.15) is 0 Å². The molecule has 0 aliphatic carbocycles. The van der Waals surface area contributed by atoms with Crippen molar-refractivity contribution in [3.05, 3.63) is 28.6 Å². The van der Waals surface area contributed by atoms with Crippen molar-refractivity contribution in [2.45, 2.75) is 20.8 Å². The molecule has 0 atom stereocenters. The molecule has 0 radical (unpaired) electrons. The van der Waals surface area contributed by atoms with Gasteiger partial charge < -0.3 is 5.11 Å². The van der Waals surface area contributed by atoms with Gasteiger partial charge in [0.05, 0.1) is 5.56 Å². The molecule has 0 aromatic carbocycles. The second-order valence-corrected chi connectivity index (χ2v) is 2.83. The fourth-order valence-corrected chi connectivity index (χ4v) is 1.16. The van der Waals surface area contributed by atoms with Crippen LogP contribution in [0, 0.1) is 20.8 Å². The highest BCUT2D eigenvalue weighted by Gasteiger charge is 2.12. The lowest BCUT2D eigenvalue weighted by atomic mass is 10.0. The molecule has 3 nitrogen and oxygen atoms in total. The average molecular weight is 165 g/mol. The van der Waals surface area contributed by atoms with E-state index in [9.17, 15) is 4.79 Å². The van der Waals surface area contributed by atoms with Gasteiger partial charge in [0.2, 0.25) is 0 Å². The first kappa shape index (κ1) is 8.71. The molecule has 1 aromatic rings. The Bertz CT molecular complexity index is 332. The van der Waals surface area contributed by atoms with Gasteiger partial charge >= 0.3 is 5.97 Å². The number of aromatic nitrogens is 1. The first-order chi connectivity index (χ1) is 5.54. The lowest BCUT2D eigenvalue weighted by Gasteiger charge is -2.06. The van der Waals surface area contributed by atoms with Gasteiger partial charge in [-0.25, -0.2) is 4.79 Å². The summed E-state index contributed by atoms with van der Waals surface area (Å²) >= 11 is 0. The van der Waals surface area contributed by atoms with E-state index in [0.717, 1.165) is 11.3 Å². The summed E-state index contributed by atoms with van der Waals surface area (Å²) in [5.41, 5.74) is 2.62. The number of hydrogen-bond acceptors (Lipinski definition) is 2. The minimum absolute atomic E-state index is 0.377. The fourth-order valence-electron chi connectivity index (χ4n) is 1.16. The quantitative estimate of drug-likeness (QED) is 0.689. The summed E-state index contributed by atoms with van der Waals surface area (Å²) in [6.07, 6.45) is 1.59. The number of rotatable bonds is 1. The van der Waals surface area contributed by atoms with Gasteiger partial charge in [0, 0.05) is 11.9 Å². The van der Waals surface area contributed by atoms with Crippen LogP contribution in [0.15, 0.2) is 6.20 Å². The van der Waals surface area contributed by atoms with Crippen LogP contribution in [0.5, 0.6) is 0 Å². The van der Waals surface area contributed by atoms with Crippen LogP contribution in [0.2, 0.25) is 0 Å². The number of carboxylic acid groups (broad SMARTS) is 1. The smallest absolute Gasteiger partial charge is 0.336 e. The van der Waals surface area contributed by atoms with Crippen LogP contribution in [0.1, 0.15) is 27.2 Å². The van der Waals surface area contributed by atoms with Crippen LogP contribution in [0.3, 0.4) is 0 Å². The highest BCUT2D eigenvalue weighted by atomic mass is 16.4. The molecule has 0 spiro atoms. The zero-order valence-electron chi connectivity index (χ0n) is 7.38. The van der Waals surface area contributed by atoms with E-state index in [1.807, 2.05) is 0 Å². The molecule has 1 heterocycles. The van der Waals surface area contributed by atoms with Gasteiger partial charge in [0.15, 0.2) is 0 Å². The van der Waals surface area contributed by atoms with Gasteiger partial charge in [-0.3, -0.25) is 4.98 Å². The van der Waals surface area contributed by atoms with Crippen LogP contribution < -0.4 is 0 Å². The molecule has 1 N–H and O–H groups in total. The van der Waals surface area contributed by atoms with E-state index in [4.69, 9.17) is 5.11 Å². The highest BCUT2D eigenvalue weighted by Crippen LogP contribution is 2.14. The maximum absolute atomic E-state index is 10.8. The third-order valence-electron chi connectivity index (χ3n) is 1.98. The molecule has 0 fully saturated rings. The van der Waals surface area contributed by atoms with E-state index < -0.39 is 5.97 Å². The number of aryl methyl sites for hydroxylation is 2. The Morgan fingerprint density at radius 2 is 2.00 bits per heavy atom. The second kappa shape index (κ2) is 2.93. The molecule has 0 aliphatic rings. The van der Waals surface area contributed by atoms with Crippen LogP contribution in [0.4, 0.5) is 0 Å². The van der Waals surface area contributed by atoms with E-state index in [-0.39, 0.29) is 0 Å². The molecule has 0 saturated carbocycles. The van der Waals surface area contributed by atoms with Crippen LogP contribution in [-0.2, 0) is 0 Å². The van der Waals surface area contributed by atoms with Crippen molar-refractivity contribution in [2.75, 3.05) is 0 Å². The SMILES string of the molecule is Cc1cnc(C)c(C)c1C(=O)O. The number of aromatic carboxylic acids is 1. The summed E-state index contributed by atoms with van der Waals surface area (Å²) in [5, 5.41) is 8.84. The summed E-state index contributed by atoms with van der Waals surface area (Å²) in [6, 6.07) is 0. The molecule has 3 heteroatoms. The standard InChI is InChI=1S/C9H11NO2/c1-5-4-10-7(3)6(2)8(5)9(11)12/h4H,1-3H3,(H,11,12). The number of nitrogens with zero attached hydrogens (tertiary/aromatic N) is 1. The molecule has 0 aliphatic heterocycles. The van der Waals surface area contributed by atoms with E-state index in [0.29, 0.717) is 11.1 Å². The van der Waals surface area contributed by atoms with Gasteiger partial charge in [0.1, 0.15) is 0 Å². The zero-order valence-corrected chi connectivity index (χ0v) is 7.38. The minimum atomic E-state index is -0.879. The van der Waals surface area contributed by atoms with Crippen molar-refractivity contribution in [3.8, 4) is 0 Å². The lowest BCUT2D eigenvalue weighted by molar-refractivity contribution is 0.0695. The number of hydrogen-bond donors (Lipinski definition) is 1. The Labute approximate surface area is 71.1 Å². The molecular weight excluding hydrogens is 154 g/mol. The van der Waals surface area contributed by atoms with Crippen LogP contribution in [0.25, 0.3) is 0 Å². The topological polar surface area (TPSA) is 50.2 Å². The molecule has 1 rings (SSSR count). The van der Waals surface area contributed by atoms with Gasteiger partial charge in [-0.05, 0) is 31.9 Å². The molecule has 0 bridgehead atoms. The summed E-state index contributed by atoms with van der Waals surface area (Å²) in [6.45, 7) is 5.34. The maximum Gasteiger partial charge on any atom is 0.336 e. The summed E-state index contributed by atoms with van der Waals surface area (Å²) in [5.74, 6) is -0.879. The van der Waals surface area contributed by atoms with Crippen molar-refractivity contribution in [3.63, 3.8) is 0 Å². The molecule has 0 amide bonds. The Hall–Kier alpha value is -1.38. The minimum Gasteiger partial charge on any atom is -0.478 e. The second-order valence-electron chi connectivity index (χ2n) is 2.83. The maximum atomic E-state index is 10.8. The Kier molecular flexibility index (Phi) is 2.13. The van der Waals surface area contributed by atoms with Gasteiger partial charge in [-0.1, -0.05) is 0 Å². The van der Waals surface area contributed by atoms with E-state index in [1.165, 1.54) is 0 Å². The van der Waals surface area contributed by atoms with Gasteiger partial charge in [-0.15, -0.1) is 0 Å². The monoisotopic (exact) mass is 165 g/mol. The van der Waals surface area contributed by atoms with E-state index in [2.05, 4.69) is 4.98 Å². The molecule has 0 unspecified atom stereocenters. The van der Waals surface area contributed by atoms with Crippen molar-refractivity contribution >= 4 is 5.97 Å². The van der Waals surface area contributed by atoms with Crippen molar-refractivity contribution in [1.82, 2.24) is 4.98 Å². The average Bonchev–Trinajstić information content (AvgIpc) is 1.97. The largest absolute Gasteiger partial charge is 0.478 e. The van der Waals surface area contributed by atoms with Crippen LogP contribution >= 0.6 is 0 Å². The third-order valence-corrected chi connectivity index (χ3v) is 1.98. The van der Waals surface area contributed by atoms with Crippen molar-refractivity contribution in [1.29, 1.82) is 0 Å². The normalized spacial score (nSPS) is 9.92. The Morgan fingerprint density at radius 1 is 1.42 bits per heavy atom. The zero-order chi connectivity index (χ0) is 9.30.